The number of carboxylic acids is 1. The first kappa shape index (κ1) is 34.1. The van der Waals surface area contributed by atoms with E-state index in [1.165, 1.54) is 0 Å². The molecule has 0 saturated heterocycles. The Kier molecular flexibility index (Phi) is 18.3. The van der Waals surface area contributed by atoms with Gasteiger partial charge in [0.05, 0.1) is 58.7 Å². The zero-order valence-electron chi connectivity index (χ0n) is 22.9. The van der Waals surface area contributed by atoms with Crippen LogP contribution in [0.25, 0.3) is 0 Å². The van der Waals surface area contributed by atoms with Gasteiger partial charge in [0.1, 0.15) is 5.78 Å². The fourth-order valence-corrected chi connectivity index (χ4v) is 3.02. The Morgan fingerprint density at radius 1 is 0.750 bits per heavy atom. The van der Waals surface area contributed by atoms with Crippen molar-refractivity contribution < 1.29 is 43.2 Å². The van der Waals surface area contributed by atoms with Gasteiger partial charge < -0.3 is 29.4 Å². The van der Waals surface area contributed by atoms with Gasteiger partial charge in [-0.1, -0.05) is 41.5 Å². The zero-order valence-corrected chi connectivity index (χ0v) is 22.9. The average molecular weight is 518 g/mol. The van der Waals surface area contributed by atoms with Crippen molar-refractivity contribution in [3.63, 3.8) is 0 Å². The molecule has 2 N–H and O–H groups in total. The highest BCUT2D eigenvalue weighted by atomic mass is 16.6. The largest absolute Gasteiger partial charge is 0.481 e. The Bertz CT molecular complexity index is 658. The summed E-state index contributed by atoms with van der Waals surface area (Å²) in [6, 6.07) is -0.587. The van der Waals surface area contributed by atoms with E-state index in [9.17, 15) is 19.2 Å². The number of nitrogens with one attached hydrogen (secondary N) is 1. The fourth-order valence-electron chi connectivity index (χ4n) is 3.02. The highest BCUT2D eigenvalue weighted by Gasteiger charge is 2.29. The van der Waals surface area contributed by atoms with Crippen LogP contribution in [0.3, 0.4) is 0 Å². The van der Waals surface area contributed by atoms with Crippen molar-refractivity contribution in [2.75, 3.05) is 52.9 Å². The van der Waals surface area contributed by atoms with Gasteiger partial charge in [-0.2, -0.15) is 0 Å². The van der Waals surface area contributed by atoms with Crippen molar-refractivity contribution in [1.29, 1.82) is 0 Å². The third kappa shape index (κ3) is 17.5. The second kappa shape index (κ2) is 19.3. The Morgan fingerprint density at radius 2 is 1.22 bits per heavy atom. The first-order valence-corrected chi connectivity index (χ1v) is 12.7. The molecule has 0 bridgehead atoms. The molecule has 0 unspecified atom stereocenters. The summed E-state index contributed by atoms with van der Waals surface area (Å²) in [6.45, 7) is 13.9. The standard InChI is InChI=1S/C26H47NO9/c1-19(2)24(27-25(32)20(3)18-22(29)26(4,5)6)21(28)8-7-10-33-12-14-35-16-17-36-15-13-34-11-9-23(30)31/h19-20,24H,7-18H2,1-6H3,(H,27,32)(H,30,31)/t20-,24+/m0/s1. The van der Waals surface area contributed by atoms with Gasteiger partial charge >= 0.3 is 5.97 Å². The molecule has 0 radical (unpaired) electrons. The summed E-state index contributed by atoms with van der Waals surface area (Å²) in [6.07, 6.45) is 0.967. The van der Waals surface area contributed by atoms with Crippen LogP contribution in [0.2, 0.25) is 0 Å². The Labute approximate surface area is 215 Å². The Morgan fingerprint density at radius 3 is 1.67 bits per heavy atom. The number of carbonyl (C=O) groups is 4. The van der Waals surface area contributed by atoms with Crippen LogP contribution >= 0.6 is 0 Å². The molecule has 0 saturated carbocycles. The van der Waals surface area contributed by atoms with Crippen LogP contribution in [0.1, 0.15) is 67.2 Å². The van der Waals surface area contributed by atoms with Gasteiger partial charge in [-0.25, -0.2) is 0 Å². The maximum atomic E-state index is 12.7. The molecule has 0 fully saturated rings. The highest BCUT2D eigenvalue weighted by molar-refractivity contribution is 5.92. The predicted octanol–water partition coefficient (Wildman–Crippen LogP) is 2.66. The first-order chi connectivity index (χ1) is 16.9. The van der Waals surface area contributed by atoms with Crippen LogP contribution in [-0.4, -0.2) is 87.4 Å². The molecule has 0 aliphatic rings. The second-order valence-electron chi connectivity index (χ2n) is 10.2. The molecule has 0 aromatic rings. The van der Waals surface area contributed by atoms with E-state index in [1.807, 2.05) is 34.6 Å². The summed E-state index contributed by atoms with van der Waals surface area (Å²) in [7, 11) is 0. The van der Waals surface area contributed by atoms with Gasteiger partial charge in [-0.15, -0.1) is 0 Å². The van der Waals surface area contributed by atoms with Gasteiger partial charge in [0.25, 0.3) is 0 Å². The molecule has 1 amide bonds. The topological polar surface area (TPSA) is 137 Å². The lowest BCUT2D eigenvalue weighted by Gasteiger charge is -2.24. The van der Waals surface area contributed by atoms with Crippen molar-refractivity contribution in [3.05, 3.63) is 0 Å². The summed E-state index contributed by atoms with van der Waals surface area (Å²) < 4.78 is 21.3. The number of amides is 1. The summed E-state index contributed by atoms with van der Waals surface area (Å²) in [4.78, 5) is 47.8. The average Bonchev–Trinajstić information content (AvgIpc) is 2.78. The quantitative estimate of drug-likeness (QED) is 0.208. The zero-order chi connectivity index (χ0) is 27.6. The Hall–Kier alpha value is -1.88. The lowest BCUT2D eigenvalue weighted by molar-refractivity contribution is -0.138. The number of carboxylic acid groups (broad SMARTS) is 1. The van der Waals surface area contributed by atoms with E-state index in [-0.39, 0.29) is 42.8 Å². The number of carbonyl (C=O) groups excluding carboxylic acids is 3. The molecular weight excluding hydrogens is 470 g/mol. The molecular formula is C26H47NO9. The molecule has 0 spiro atoms. The number of rotatable bonds is 22. The lowest BCUT2D eigenvalue weighted by Crippen LogP contribution is -2.46. The van der Waals surface area contributed by atoms with E-state index in [0.717, 1.165) is 0 Å². The molecule has 0 rings (SSSR count). The molecule has 0 heterocycles. The number of hydrogen-bond acceptors (Lipinski definition) is 8. The van der Waals surface area contributed by atoms with Gasteiger partial charge in [0, 0.05) is 30.8 Å². The van der Waals surface area contributed by atoms with E-state index < -0.39 is 23.3 Å². The van der Waals surface area contributed by atoms with Crippen LogP contribution in [-0.2, 0) is 38.1 Å². The number of Topliss-reactive ketones (excluding diaryl/α,β-unsaturated/α-hetero) is 2. The molecule has 36 heavy (non-hydrogen) atoms. The van der Waals surface area contributed by atoms with Crippen LogP contribution in [0.4, 0.5) is 0 Å². The van der Waals surface area contributed by atoms with E-state index >= 15 is 0 Å². The molecule has 0 aromatic heterocycles. The highest BCUT2D eigenvalue weighted by Crippen LogP contribution is 2.20. The molecule has 10 nitrogen and oxygen atoms in total. The molecule has 0 aliphatic carbocycles. The van der Waals surface area contributed by atoms with Gasteiger partial charge in [-0.05, 0) is 12.3 Å². The molecule has 10 heteroatoms. The summed E-state index contributed by atoms with van der Waals surface area (Å²) >= 11 is 0. The molecule has 0 aromatic carbocycles. The van der Waals surface area contributed by atoms with E-state index in [0.29, 0.717) is 59.1 Å². The normalized spacial score (nSPS) is 13.4. The maximum absolute atomic E-state index is 12.7. The van der Waals surface area contributed by atoms with Crippen molar-refractivity contribution in [2.45, 2.75) is 73.3 Å². The van der Waals surface area contributed by atoms with Crippen molar-refractivity contribution in [1.82, 2.24) is 5.32 Å². The van der Waals surface area contributed by atoms with Gasteiger partial charge in [0.15, 0.2) is 5.78 Å². The first-order valence-electron chi connectivity index (χ1n) is 12.7. The van der Waals surface area contributed by atoms with Crippen molar-refractivity contribution >= 4 is 23.4 Å². The smallest absolute Gasteiger partial charge is 0.305 e. The van der Waals surface area contributed by atoms with E-state index in [2.05, 4.69) is 5.32 Å². The van der Waals surface area contributed by atoms with Gasteiger partial charge in [-0.3, -0.25) is 19.2 Å². The third-order valence-electron chi connectivity index (χ3n) is 5.38. The molecule has 0 aliphatic heterocycles. The summed E-state index contributed by atoms with van der Waals surface area (Å²) in [5, 5.41) is 11.3. The number of ketones is 2. The third-order valence-corrected chi connectivity index (χ3v) is 5.38. The van der Waals surface area contributed by atoms with Crippen LogP contribution in [0.15, 0.2) is 0 Å². The lowest BCUT2D eigenvalue weighted by atomic mass is 9.85. The van der Waals surface area contributed by atoms with E-state index in [1.54, 1.807) is 6.92 Å². The summed E-state index contributed by atoms with van der Waals surface area (Å²) in [5.74, 6) is -1.74. The maximum Gasteiger partial charge on any atom is 0.305 e. The number of aliphatic carboxylic acids is 1. The second-order valence-corrected chi connectivity index (χ2v) is 10.2. The SMILES string of the molecule is CC(C)[C@@H](NC(=O)[C@@H](C)CC(=O)C(C)(C)C)C(=O)CCCOCCOCCOCCOCCC(=O)O. The summed E-state index contributed by atoms with van der Waals surface area (Å²) in [5.41, 5.74) is -0.498. The predicted molar refractivity (Wildman–Crippen MR) is 135 cm³/mol. The Balaban J connectivity index is 3.93. The minimum absolute atomic E-state index is 0.0193. The monoisotopic (exact) mass is 517 g/mol. The minimum Gasteiger partial charge on any atom is -0.481 e. The number of hydrogen-bond donors (Lipinski definition) is 2. The van der Waals surface area contributed by atoms with Crippen molar-refractivity contribution in [2.24, 2.45) is 17.3 Å². The van der Waals surface area contributed by atoms with Crippen LogP contribution in [0.5, 0.6) is 0 Å². The van der Waals surface area contributed by atoms with E-state index in [4.69, 9.17) is 24.1 Å². The fraction of sp³-hybridized carbons (Fsp3) is 0.846. The van der Waals surface area contributed by atoms with Gasteiger partial charge in [0.2, 0.25) is 5.91 Å². The van der Waals surface area contributed by atoms with Crippen molar-refractivity contribution in [3.8, 4) is 0 Å². The number of ether oxygens (including phenoxy) is 4. The molecule has 2 atom stereocenters. The van der Waals surface area contributed by atoms with Crippen LogP contribution in [0, 0.1) is 17.3 Å². The minimum atomic E-state index is -0.891. The molecule has 210 valence electrons. The van der Waals surface area contributed by atoms with Crippen LogP contribution < -0.4 is 5.32 Å².